The highest BCUT2D eigenvalue weighted by Crippen LogP contribution is 2.08. The molecular weight excluding hydrogens is 200 g/mol. The quantitative estimate of drug-likeness (QED) is 0.826. The van der Waals surface area contributed by atoms with Gasteiger partial charge in [0.25, 0.3) is 0 Å². The molecule has 0 atom stereocenters. The molecule has 4 heteroatoms. The Bertz CT molecular complexity index is 466. The van der Waals surface area contributed by atoms with E-state index >= 15 is 0 Å². The number of hydrogen-bond acceptors (Lipinski definition) is 4. The van der Waals surface area contributed by atoms with Crippen molar-refractivity contribution < 1.29 is 6.85 Å². The van der Waals surface area contributed by atoms with E-state index in [9.17, 15) is 0 Å². The minimum atomic E-state index is -2.63. The molecule has 0 aromatic carbocycles. The Morgan fingerprint density at radius 2 is 2.12 bits per heavy atom. The molecule has 0 saturated carbocycles. The van der Waals surface area contributed by atoms with Crippen molar-refractivity contribution in [2.24, 2.45) is 0 Å². The first-order valence-corrected chi connectivity index (χ1v) is 5.38. The third-order valence-corrected chi connectivity index (χ3v) is 2.78. The highest BCUT2D eigenvalue weighted by molar-refractivity contribution is 5.29. The van der Waals surface area contributed by atoms with Crippen molar-refractivity contribution in [3.63, 3.8) is 0 Å². The second-order valence-corrected chi connectivity index (χ2v) is 3.97. The number of aromatic nitrogens is 1. The number of rotatable bonds is 3. The van der Waals surface area contributed by atoms with Crippen molar-refractivity contribution >= 4 is 5.82 Å². The summed E-state index contributed by atoms with van der Waals surface area (Å²) in [6.07, 6.45) is 1.73. The van der Waals surface area contributed by atoms with E-state index in [2.05, 4.69) is 9.88 Å². The van der Waals surface area contributed by atoms with Gasteiger partial charge in [-0.25, -0.2) is 4.98 Å². The van der Waals surface area contributed by atoms with Crippen molar-refractivity contribution in [3.8, 4) is 0 Å². The molecule has 1 aliphatic rings. The summed E-state index contributed by atoms with van der Waals surface area (Å²) in [4.78, 5) is 7.59. The third kappa shape index (κ3) is 2.93. The van der Waals surface area contributed by atoms with E-state index in [0.29, 0.717) is 38.5 Å². The van der Waals surface area contributed by atoms with E-state index in [-0.39, 0.29) is 0 Å². The summed E-state index contributed by atoms with van der Waals surface area (Å²) in [6, 6.07) is 3.66. The number of anilines is 1. The van der Waals surface area contributed by atoms with E-state index < -0.39 is 13.3 Å². The first-order chi connectivity index (χ1) is 9.70. The van der Waals surface area contributed by atoms with Gasteiger partial charge in [0.15, 0.2) is 0 Å². The Hall–Kier alpha value is -1.13. The van der Waals surface area contributed by atoms with Crippen molar-refractivity contribution in [1.82, 2.24) is 14.8 Å². The maximum Gasteiger partial charge on any atom is 0.123 e. The Morgan fingerprint density at radius 1 is 1.38 bits per heavy atom. The minimum Gasteiger partial charge on any atom is -0.384 e. The van der Waals surface area contributed by atoms with Crippen LogP contribution < -0.4 is 5.73 Å². The molecule has 88 valence electrons. The van der Waals surface area contributed by atoms with Crippen LogP contribution in [0.4, 0.5) is 5.82 Å². The van der Waals surface area contributed by atoms with Crippen LogP contribution in [0, 0.1) is 0 Å². The van der Waals surface area contributed by atoms with E-state index in [1.807, 2.05) is 6.07 Å². The van der Waals surface area contributed by atoms with Crippen LogP contribution in [0.3, 0.4) is 0 Å². The van der Waals surface area contributed by atoms with Gasteiger partial charge >= 0.3 is 0 Å². The van der Waals surface area contributed by atoms with Gasteiger partial charge in [-0.15, -0.1) is 0 Å². The largest absolute Gasteiger partial charge is 0.384 e. The van der Waals surface area contributed by atoms with Gasteiger partial charge in [-0.1, -0.05) is 12.9 Å². The fourth-order valence-electron chi connectivity index (χ4n) is 1.81. The average molecular weight is 225 g/mol. The van der Waals surface area contributed by atoms with E-state index in [0.717, 1.165) is 5.56 Å². The standard InChI is InChI=1S/C12H20N4/c1-2-15-5-7-16(8-6-15)10-11-3-4-12(13)14-9-11/h3-4,9H,2,5-8,10H2,1H3,(H2,13,14)/i1D3,2D2. The fourth-order valence-corrected chi connectivity index (χ4v) is 1.81. The fraction of sp³-hybridized carbons (Fsp3) is 0.583. The molecule has 1 aliphatic heterocycles. The van der Waals surface area contributed by atoms with Gasteiger partial charge in [-0.05, 0) is 18.1 Å². The minimum absolute atomic E-state index is 0.397. The number of piperazine rings is 1. The number of nitrogen functional groups attached to an aromatic ring is 1. The van der Waals surface area contributed by atoms with Gasteiger partial charge in [0.1, 0.15) is 5.82 Å². The number of nitrogens with zero attached hydrogens (tertiary/aromatic N) is 3. The Morgan fingerprint density at radius 3 is 2.75 bits per heavy atom. The Labute approximate surface area is 104 Å². The molecule has 0 radical (unpaired) electrons. The SMILES string of the molecule is [2H]C([2H])([2H])C([2H])([2H])N1CCN(Cc2ccc(N)nc2)CC1. The molecule has 2 heterocycles. The lowest BCUT2D eigenvalue weighted by atomic mass is 10.2. The normalized spacial score (nSPS) is 25.1. The predicted octanol–water partition coefficient (Wildman–Crippen LogP) is 0.801. The zero-order valence-corrected chi connectivity index (χ0v) is 9.19. The summed E-state index contributed by atoms with van der Waals surface area (Å²) >= 11 is 0. The first kappa shape index (κ1) is 6.57. The number of pyridine rings is 1. The molecule has 0 unspecified atom stereocenters. The smallest absolute Gasteiger partial charge is 0.123 e. The average Bonchev–Trinajstić information content (AvgIpc) is 2.41. The maximum absolute atomic E-state index is 7.77. The molecule has 1 aromatic heterocycles. The zero-order chi connectivity index (χ0) is 15.7. The van der Waals surface area contributed by atoms with E-state index in [1.54, 1.807) is 12.3 Å². The summed E-state index contributed by atoms with van der Waals surface area (Å²) in [5, 5.41) is 0. The van der Waals surface area contributed by atoms with Crippen LogP contribution >= 0.6 is 0 Å². The zero-order valence-electron chi connectivity index (χ0n) is 14.2. The van der Waals surface area contributed by atoms with Gasteiger partial charge in [0, 0.05) is 45.8 Å². The molecule has 0 bridgehead atoms. The van der Waals surface area contributed by atoms with Crippen LogP contribution in [0.5, 0.6) is 0 Å². The summed E-state index contributed by atoms with van der Waals surface area (Å²) in [5.41, 5.74) is 6.58. The van der Waals surface area contributed by atoms with Crippen LogP contribution in [-0.2, 0) is 6.54 Å². The first-order valence-electron chi connectivity index (χ1n) is 7.88. The molecule has 4 nitrogen and oxygen atoms in total. The Balaban J connectivity index is 1.90. The third-order valence-electron chi connectivity index (χ3n) is 2.78. The summed E-state index contributed by atoms with van der Waals surface area (Å²) in [7, 11) is 0. The highest BCUT2D eigenvalue weighted by Gasteiger charge is 2.15. The molecule has 2 N–H and O–H groups in total. The van der Waals surface area contributed by atoms with Crippen LogP contribution in [0.1, 0.15) is 19.3 Å². The van der Waals surface area contributed by atoms with Crippen molar-refractivity contribution in [3.05, 3.63) is 23.9 Å². The molecule has 1 fully saturated rings. The molecular formula is C12H20N4. The molecule has 2 rings (SSSR count). The predicted molar refractivity (Wildman–Crippen MR) is 66.0 cm³/mol. The topological polar surface area (TPSA) is 45.4 Å². The van der Waals surface area contributed by atoms with Crippen molar-refractivity contribution in [2.45, 2.75) is 13.4 Å². The lowest BCUT2D eigenvalue weighted by Gasteiger charge is -2.33. The van der Waals surface area contributed by atoms with E-state index in [4.69, 9.17) is 12.6 Å². The molecule has 1 saturated heterocycles. The van der Waals surface area contributed by atoms with Crippen LogP contribution in [0.25, 0.3) is 0 Å². The molecule has 0 amide bonds. The molecule has 0 aliphatic carbocycles. The van der Waals surface area contributed by atoms with Crippen molar-refractivity contribution in [1.29, 1.82) is 0 Å². The Kier molecular flexibility index (Phi) is 2.17. The number of likely N-dealkylation sites (N-methyl/N-ethyl adjacent to an activating group) is 1. The van der Waals surface area contributed by atoms with Gasteiger partial charge in [-0.3, -0.25) is 4.90 Å². The summed E-state index contributed by atoms with van der Waals surface area (Å²) in [6.45, 7) is -2.16. The van der Waals surface area contributed by atoms with Gasteiger partial charge in [-0.2, -0.15) is 0 Å². The molecule has 16 heavy (non-hydrogen) atoms. The summed E-state index contributed by atoms with van der Waals surface area (Å²) in [5.74, 6) is 0.481. The van der Waals surface area contributed by atoms with E-state index in [1.165, 1.54) is 4.90 Å². The lowest BCUT2D eigenvalue weighted by Crippen LogP contribution is -2.45. The van der Waals surface area contributed by atoms with Crippen LogP contribution in [0.2, 0.25) is 0 Å². The number of hydrogen-bond donors (Lipinski definition) is 1. The van der Waals surface area contributed by atoms with Crippen molar-refractivity contribution in [2.75, 3.05) is 38.4 Å². The second kappa shape index (κ2) is 5.27. The van der Waals surface area contributed by atoms with Crippen LogP contribution in [0.15, 0.2) is 18.3 Å². The second-order valence-electron chi connectivity index (χ2n) is 3.97. The molecule has 1 aromatic rings. The van der Waals surface area contributed by atoms with Gasteiger partial charge in [0.05, 0.1) is 0 Å². The highest BCUT2D eigenvalue weighted by atomic mass is 15.3. The van der Waals surface area contributed by atoms with Crippen LogP contribution in [-0.4, -0.2) is 47.5 Å². The summed E-state index contributed by atoms with van der Waals surface area (Å²) < 4.78 is 37.5. The number of nitrogens with two attached hydrogens (primary N) is 1. The molecule has 0 spiro atoms. The van der Waals surface area contributed by atoms with Gasteiger partial charge < -0.3 is 10.6 Å². The lowest BCUT2D eigenvalue weighted by molar-refractivity contribution is 0.132. The maximum atomic E-state index is 7.77. The van der Waals surface area contributed by atoms with Gasteiger partial charge in [0.2, 0.25) is 0 Å². The monoisotopic (exact) mass is 225 g/mol.